The van der Waals surface area contributed by atoms with Gasteiger partial charge in [0.25, 0.3) is 20.0 Å². The summed E-state index contributed by atoms with van der Waals surface area (Å²) in [7, 11) is -7.62. The van der Waals surface area contributed by atoms with Gasteiger partial charge in [-0.3, -0.25) is 9.03 Å². The number of halogens is 1. The van der Waals surface area contributed by atoms with Crippen molar-refractivity contribution in [3.05, 3.63) is 83.7 Å². The van der Waals surface area contributed by atoms with Crippen molar-refractivity contribution in [2.75, 3.05) is 15.6 Å². The Hall–Kier alpha value is -2.91. The van der Waals surface area contributed by atoms with Crippen molar-refractivity contribution in [3.8, 4) is 0 Å². The fraction of sp³-hybridized carbons (Fsp3) is 0.182. The van der Waals surface area contributed by atoms with Gasteiger partial charge in [0.1, 0.15) is 5.82 Å². The number of benzene rings is 3. The lowest BCUT2D eigenvalue weighted by molar-refractivity contribution is 0.585. The molecule has 0 spiro atoms. The molecule has 31 heavy (non-hydrogen) atoms. The molecule has 0 atom stereocenters. The summed E-state index contributed by atoms with van der Waals surface area (Å²) in [5, 5.41) is 0. The Bertz CT molecular complexity index is 1320. The molecule has 4 rings (SSSR count). The molecule has 0 saturated carbocycles. The summed E-state index contributed by atoms with van der Waals surface area (Å²) in [6.45, 7) is 2.17. The van der Waals surface area contributed by atoms with Crippen LogP contribution in [-0.4, -0.2) is 23.4 Å². The molecule has 9 heteroatoms. The first kappa shape index (κ1) is 21.3. The standard InChI is InChI=1S/C22H21FN2O4S2/c1-16-4-9-20(10-5-16)30(26,27)24-19-8-13-22-17(15-19)3-2-14-25(22)31(28,29)21-11-6-18(23)7-12-21/h4-13,15,24H,2-3,14H2,1H3. The largest absolute Gasteiger partial charge is 0.280 e. The molecule has 1 heterocycles. The van der Waals surface area contributed by atoms with Crippen molar-refractivity contribution >= 4 is 31.4 Å². The first-order valence-electron chi connectivity index (χ1n) is 9.67. The Morgan fingerprint density at radius 3 is 2.19 bits per heavy atom. The number of rotatable bonds is 5. The first-order valence-corrected chi connectivity index (χ1v) is 12.6. The Balaban J connectivity index is 1.64. The Labute approximate surface area is 181 Å². The van der Waals surface area contributed by atoms with Crippen molar-refractivity contribution in [3.63, 3.8) is 0 Å². The summed E-state index contributed by atoms with van der Waals surface area (Å²) >= 11 is 0. The first-order chi connectivity index (χ1) is 14.7. The lowest BCUT2D eigenvalue weighted by Gasteiger charge is -2.31. The van der Waals surface area contributed by atoms with E-state index in [1.807, 2.05) is 6.92 Å². The third-order valence-electron chi connectivity index (χ3n) is 5.14. The summed E-state index contributed by atoms with van der Waals surface area (Å²) in [6, 6.07) is 16.0. The van der Waals surface area contributed by atoms with Crippen LogP contribution in [0, 0.1) is 12.7 Å². The topological polar surface area (TPSA) is 83.6 Å². The van der Waals surface area contributed by atoms with Gasteiger partial charge in [-0.05, 0) is 79.9 Å². The molecule has 0 aliphatic carbocycles. The quantitative estimate of drug-likeness (QED) is 0.622. The van der Waals surface area contributed by atoms with Gasteiger partial charge in [-0.1, -0.05) is 17.7 Å². The van der Waals surface area contributed by atoms with E-state index in [1.165, 1.54) is 28.6 Å². The average molecular weight is 461 g/mol. The molecule has 3 aromatic carbocycles. The zero-order valence-corrected chi connectivity index (χ0v) is 18.4. The van der Waals surface area contributed by atoms with E-state index in [1.54, 1.807) is 30.3 Å². The van der Waals surface area contributed by atoms with Gasteiger partial charge in [0.15, 0.2) is 0 Å². The number of fused-ring (bicyclic) bond motifs is 1. The fourth-order valence-electron chi connectivity index (χ4n) is 3.54. The highest BCUT2D eigenvalue weighted by molar-refractivity contribution is 7.93. The number of aryl methyl sites for hydroxylation is 2. The van der Waals surface area contributed by atoms with Crippen LogP contribution in [0.25, 0.3) is 0 Å². The lowest BCUT2D eigenvalue weighted by atomic mass is 10.0. The van der Waals surface area contributed by atoms with E-state index in [4.69, 9.17) is 0 Å². The van der Waals surface area contributed by atoms with Crippen LogP contribution in [-0.2, 0) is 26.5 Å². The zero-order chi connectivity index (χ0) is 22.2. The number of nitrogens with zero attached hydrogens (tertiary/aromatic N) is 1. The molecule has 0 radical (unpaired) electrons. The molecule has 0 bridgehead atoms. The van der Waals surface area contributed by atoms with Crippen molar-refractivity contribution in [1.82, 2.24) is 0 Å². The molecule has 1 aliphatic rings. The molecule has 0 unspecified atom stereocenters. The predicted octanol–water partition coefficient (Wildman–Crippen LogP) is 4.08. The molecular formula is C22H21FN2O4S2. The normalized spacial score (nSPS) is 14.2. The van der Waals surface area contributed by atoms with E-state index in [9.17, 15) is 21.2 Å². The van der Waals surface area contributed by atoms with E-state index in [0.29, 0.717) is 30.8 Å². The van der Waals surface area contributed by atoms with Gasteiger partial charge in [-0.25, -0.2) is 21.2 Å². The third kappa shape index (κ3) is 4.28. The highest BCUT2D eigenvalue weighted by Gasteiger charge is 2.29. The second kappa shape index (κ2) is 7.97. The predicted molar refractivity (Wildman–Crippen MR) is 118 cm³/mol. The van der Waals surface area contributed by atoms with Crippen LogP contribution >= 0.6 is 0 Å². The minimum absolute atomic E-state index is 0.00546. The summed E-state index contributed by atoms with van der Waals surface area (Å²) in [6.07, 6.45) is 1.20. The third-order valence-corrected chi connectivity index (χ3v) is 8.37. The van der Waals surface area contributed by atoms with Gasteiger partial charge in [0.2, 0.25) is 0 Å². The molecular weight excluding hydrogens is 439 g/mol. The Morgan fingerprint density at radius 2 is 1.52 bits per heavy atom. The summed E-state index contributed by atoms with van der Waals surface area (Å²) in [5.74, 6) is -0.511. The smallest absolute Gasteiger partial charge is 0.264 e. The monoisotopic (exact) mass is 460 g/mol. The van der Waals surface area contributed by atoms with E-state index in [0.717, 1.165) is 23.3 Å². The minimum atomic E-state index is -3.86. The van der Waals surface area contributed by atoms with Crippen LogP contribution in [0.4, 0.5) is 15.8 Å². The van der Waals surface area contributed by atoms with Gasteiger partial charge in [-0.15, -0.1) is 0 Å². The molecule has 162 valence electrons. The maximum absolute atomic E-state index is 13.2. The second-order valence-corrected chi connectivity index (χ2v) is 10.9. The summed E-state index contributed by atoms with van der Waals surface area (Å²) < 4.78 is 68.6. The number of hydrogen-bond acceptors (Lipinski definition) is 4. The van der Waals surface area contributed by atoms with Crippen molar-refractivity contribution in [2.45, 2.75) is 29.6 Å². The van der Waals surface area contributed by atoms with E-state index >= 15 is 0 Å². The summed E-state index contributed by atoms with van der Waals surface area (Å²) in [5.41, 5.74) is 2.53. The minimum Gasteiger partial charge on any atom is -0.280 e. The highest BCUT2D eigenvalue weighted by atomic mass is 32.2. The Morgan fingerprint density at radius 1 is 0.871 bits per heavy atom. The van der Waals surface area contributed by atoms with E-state index in [2.05, 4.69) is 4.72 Å². The van der Waals surface area contributed by atoms with Crippen molar-refractivity contribution in [2.24, 2.45) is 0 Å². The van der Waals surface area contributed by atoms with Gasteiger partial charge in [0, 0.05) is 12.2 Å². The lowest BCUT2D eigenvalue weighted by Crippen LogP contribution is -2.35. The van der Waals surface area contributed by atoms with Crippen molar-refractivity contribution < 1.29 is 21.2 Å². The number of nitrogens with one attached hydrogen (secondary N) is 1. The number of hydrogen-bond donors (Lipinski definition) is 1. The fourth-order valence-corrected chi connectivity index (χ4v) is 6.13. The van der Waals surface area contributed by atoms with Crippen LogP contribution in [0.2, 0.25) is 0 Å². The molecule has 1 N–H and O–H groups in total. The molecule has 0 amide bonds. The van der Waals surface area contributed by atoms with Crippen LogP contribution in [0.1, 0.15) is 17.5 Å². The maximum atomic E-state index is 13.2. The molecule has 0 fully saturated rings. The average Bonchev–Trinajstić information content (AvgIpc) is 2.73. The van der Waals surface area contributed by atoms with Gasteiger partial charge >= 0.3 is 0 Å². The molecule has 0 saturated heterocycles. The maximum Gasteiger partial charge on any atom is 0.264 e. The SMILES string of the molecule is Cc1ccc(S(=O)(=O)Nc2ccc3c(c2)CCCN3S(=O)(=O)c2ccc(F)cc2)cc1. The molecule has 3 aromatic rings. The van der Waals surface area contributed by atoms with Gasteiger partial charge < -0.3 is 0 Å². The zero-order valence-electron chi connectivity index (χ0n) is 16.7. The number of sulfonamides is 2. The van der Waals surface area contributed by atoms with E-state index in [-0.39, 0.29) is 9.79 Å². The van der Waals surface area contributed by atoms with Gasteiger partial charge in [0.05, 0.1) is 15.5 Å². The van der Waals surface area contributed by atoms with Crippen molar-refractivity contribution in [1.29, 1.82) is 0 Å². The van der Waals surface area contributed by atoms with Gasteiger partial charge in [-0.2, -0.15) is 0 Å². The van der Waals surface area contributed by atoms with Crippen LogP contribution in [0.15, 0.2) is 76.5 Å². The summed E-state index contributed by atoms with van der Waals surface area (Å²) in [4.78, 5) is 0.155. The molecule has 0 aromatic heterocycles. The van der Waals surface area contributed by atoms with Crippen LogP contribution in [0.5, 0.6) is 0 Å². The van der Waals surface area contributed by atoms with Crippen LogP contribution in [0.3, 0.4) is 0 Å². The van der Waals surface area contributed by atoms with E-state index < -0.39 is 25.9 Å². The molecule has 1 aliphatic heterocycles. The Kier molecular flexibility index (Phi) is 5.49. The highest BCUT2D eigenvalue weighted by Crippen LogP contribution is 2.34. The van der Waals surface area contributed by atoms with Crippen LogP contribution < -0.4 is 9.03 Å². The number of anilines is 2. The molecule has 6 nitrogen and oxygen atoms in total. The second-order valence-electron chi connectivity index (χ2n) is 7.40.